The van der Waals surface area contributed by atoms with Crippen LogP contribution in [-0.2, 0) is 14.4 Å². The SMILES string of the molecule is O=C1NC(=S)N(c2ccccc2)C(=O)/C1=C/C=C/C1C(=O)NC(=S)N(c2ccccc2)C1O. The number of anilines is 2. The maximum absolute atomic E-state index is 13.0. The molecular weight excluding hydrogens is 460 g/mol. The molecule has 8 nitrogen and oxygen atoms in total. The fourth-order valence-electron chi connectivity index (χ4n) is 3.47. The number of nitrogens with one attached hydrogen (secondary N) is 2. The quantitative estimate of drug-likeness (QED) is 0.350. The van der Waals surface area contributed by atoms with Crippen molar-refractivity contribution in [2.24, 2.45) is 5.92 Å². The van der Waals surface area contributed by atoms with Gasteiger partial charge in [0.2, 0.25) is 5.91 Å². The van der Waals surface area contributed by atoms with Crippen molar-refractivity contribution >= 4 is 63.8 Å². The molecule has 0 radical (unpaired) electrons. The van der Waals surface area contributed by atoms with E-state index in [1.807, 2.05) is 6.07 Å². The van der Waals surface area contributed by atoms with Gasteiger partial charge in [-0.1, -0.05) is 48.6 Å². The van der Waals surface area contributed by atoms with Crippen molar-refractivity contribution in [1.29, 1.82) is 0 Å². The summed E-state index contributed by atoms with van der Waals surface area (Å²) in [5, 5.41) is 15.9. The van der Waals surface area contributed by atoms with Crippen molar-refractivity contribution in [2.75, 3.05) is 9.80 Å². The zero-order chi connectivity index (χ0) is 23.5. The number of aliphatic hydroxyl groups is 1. The van der Waals surface area contributed by atoms with E-state index >= 15 is 0 Å². The lowest BCUT2D eigenvalue weighted by atomic mass is 10.0. The second kappa shape index (κ2) is 9.41. The van der Waals surface area contributed by atoms with E-state index in [0.29, 0.717) is 11.4 Å². The molecule has 4 rings (SSSR count). The molecule has 3 amide bonds. The summed E-state index contributed by atoms with van der Waals surface area (Å²) in [6, 6.07) is 17.6. The van der Waals surface area contributed by atoms with Crippen LogP contribution in [0.5, 0.6) is 0 Å². The summed E-state index contributed by atoms with van der Waals surface area (Å²) in [4.78, 5) is 40.4. The van der Waals surface area contributed by atoms with Gasteiger partial charge < -0.3 is 10.4 Å². The highest BCUT2D eigenvalue weighted by atomic mass is 32.1. The number of carbonyl (C=O) groups excluding carboxylic acids is 3. The van der Waals surface area contributed by atoms with E-state index in [1.165, 1.54) is 28.0 Å². The summed E-state index contributed by atoms with van der Waals surface area (Å²) in [6.07, 6.45) is 2.81. The average Bonchev–Trinajstić information content (AvgIpc) is 2.79. The van der Waals surface area contributed by atoms with Crippen LogP contribution in [0.1, 0.15) is 0 Å². The Labute approximate surface area is 200 Å². The van der Waals surface area contributed by atoms with Crippen LogP contribution < -0.4 is 20.4 Å². The zero-order valence-corrected chi connectivity index (χ0v) is 18.7. The molecule has 0 saturated carbocycles. The Morgan fingerprint density at radius 1 is 0.848 bits per heavy atom. The molecule has 0 bridgehead atoms. The fraction of sp³-hybridized carbons (Fsp3) is 0.0870. The Bertz CT molecular complexity index is 1200. The molecule has 2 aliphatic heterocycles. The summed E-state index contributed by atoms with van der Waals surface area (Å²) in [6.45, 7) is 0. The molecule has 2 saturated heterocycles. The van der Waals surface area contributed by atoms with E-state index in [4.69, 9.17) is 24.4 Å². The largest absolute Gasteiger partial charge is 0.372 e. The topological polar surface area (TPSA) is 102 Å². The first-order valence-electron chi connectivity index (χ1n) is 9.89. The molecule has 2 heterocycles. The zero-order valence-electron chi connectivity index (χ0n) is 17.0. The lowest BCUT2D eigenvalue weighted by molar-refractivity contribution is -0.126. The van der Waals surface area contributed by atoms with E-state index in [9.17, 15) is 19.5 Å². The van der Waals surface area contributed by atoms with Gasteiger partial charge in [0.15, 0.2) is 10.2 Å². The summed E-state index contributed by atoms with van der Waals surface area (Å²) in [5.74, 6) is -2.74. The molecule has 2 fully saturated rings. The number of amides is 3. The van der Waals surface area contributed by atoms with Crippen LogP contribution in [0.4, 0.5) is 11.4 Å². The maximum atomic E-state index is 13.0. The highest BCUT2D eigenvalue weighted by Crippen LogP contribution is 2.25. The minimum Gasteiger partial charge on any atom is -0.372 e. The number of carbonyl (C=O) groups is 3. The van der Waals surface area contributed by atoms with Gasteiger partial charge in [-0.3, -0.25) is 29.5 Å². The van der Waals surface area contributed by atoms with Crippen molar-refractivity contribution in [3.05, 3.63) is 84.5 Å². The van der Waals surface area contributed by atoms with Gasteiger partial charge in [-0.15, -0.1) is 0 Å². The van der Waals surface area contributed by atoms with Crippen LogP contribution >= 0.6 is 24.4 Å². The predicted octanol–water partition coefficient (Wildman–Crippen LogP) is 1.77. The average molecular weight is 479 g/mol. The summed E-state index contributed by atoms with van der Waals surface area (Å²) < 4.78 is 0. The second-order valence-electron chi connectivity index (χ2n) is 7.14. The number of hydrogen-bond acceptors (Lipinski definition) is 6. The van der Waals surface area contributed by atoms with Crippen LogP contribution in [0.25, 0.3) is 0 Å². The molecule has 10 heteroatoms. The lowest BCUT2D eigenvalue weighted by Gasteiger charge is -2.38. The Morgan fingerprint density at radius 3 is 2.09 bits per heavy atom. The number of allylic oxidation sites excluding steroid dienone is 2. The van der Waals surface area contributed by atoms with Gasteiger partial charge in [-0.05, 0) is 54.8 Å². The van der Waals surface area contributed by atoms with Gasteiger partial charge in [0, 0.05) is 5.69 Å². The summed E-state index contributed by atoms with van der Waals surface area (Å²) in [7, 11) is 0. The molecule has 3 N–H and O–H groups in total. The van der Waals surface area contributed by atoms with Gasteiger partial charge in [0.1, 0.15) is 17.7 Å². The van der Waals surface area contributed by atoms with Gasteiger partial charge >= 0.3 is 0 Å². The van der Waals surface area contributed by atoms with Crippen LogP contribution in [0, 0.1) is 5.92 Å². The Balaban J connectivity index is 1.58. The molecule has 166 valence electrons. The van der Waals surface area contributed by atoms with Crippen LogP contribution in [0.15, 0.2) is 84.5 Å². The van der Waals surface area contributed by atoms with Crippen molar-refractivity contribution in [1.82, 2.24) is 10.6 Å². The number of aliphatic hydroxyl groups excluding tert-OH is 1. The van der Waals surface area contributed by atoms with Crippen molar-refractivity contribution < 1.29 is 19.5 Å². The van der Waals surface area contributed by atoms with Gasteiger partial charge in [-0.25, -0.2) is 0 Å². The Hall–Kier alpha value is -3.73. The monoisotopic (exact) mass is 478 g/mol. The molecule has 0 aliphatic carbocycles. The smallest absolute Gasteiger partial charge is 0.270 e. The van der Waals surface area contributed by atoms with Crippen molar-refractivity contribution in [3.63, 3.8) is 0 Å². The number of thiocarbonyl (C=S) groups is 2. The fourth-order valence-corrected chi connectivity index (χ4v) is 4.07. The molecule has 0 spiro atoms. The molecule has 33 heavy (non-hydrogen) atoms. The Morgan fingerprint density at radius 2 is 1.45 bits per heavy atom. The highest BCUT2D eigenvalue weighted by Gasteiger charge is 2.38. The second-order valence-corrected chi connectivity index (χ2v) is 7.91. The highest BCUT2D eigenvalue weighted by molar-refractivity contribution is 7.80. The first-order chi connectivity index (χ1) is 15.9. The third-order valence-electron chi connectivity index (χ3n) is 5.07. The van der Waals surface area contributed by atoms with Crippen LogP contribution in [-0.4, -0.2) is 39.3 Å². The van der Waals surface area contributed by atoms with Gasteiger partial charge in [-0.2, -0.15) is 0 Å². The van der Waals surface area contributed by atoms with E-state index in [0.717, 1.165) is 0 Å². The third-order valence-corrected chi connectivity index (χ3v) is 5.65. The molecule has 2 aromatic rings. The van der Waals surface area contributed by atoms with E-state index in [2.05, 4.69) is 10.6 Å². The van der Waals surface area contributed by atoms with Crippen LogP contribution in [0.2, 0.25) is 0 Å². The lowest BCUT2D eigenvalue weighted by Crippen LogP contribution is -2.60. The minimum absolute atomic E-state index is 0.0218. The van der Waals surface area contributed by atoms with Crippen LogP contribution in [0.3, 0.4) is 0 Å². The van der Waals surface area contributed by atoms with Gasteiger partial charge in [0.25, 0.3) is 11.8 Å². The van der Waals surface area contributed by atoms with Crippen molar-refractivity contribution in [3.8, 4) is 0 Å². The Kier molecular flexibility index (Phi) is 6.40. The van der Waals surface area contributed by atoms with E-state index in [-0.39, 0.29) is 15.8 Å². The number of rotatable bonds is 4. The molecule has 2 aliphatic rings. The maximum Gasteiger partial charge on any atom is 0.270 e. The summed E-state index contributed by atoms with van der Waals surface area (Å²) >= 11 is 10.4. The predicted molar refractivity (Wildman–Crippen MR) is 131 cm³/mol. The number of nitrogens with zero attached hydrogens (tertiary/aromatic N) is 2. The van der Waals surface area contributed by atoms with E-state index < -0.39 is 29.9 Å². The molecule has 2 aromatic carbocycles. The number of para-hydroxylation sites is 2. The van der Waals surface area contributed by atoms with E-state index in [1.54, 1.807) is 54.6 Å². The third kappa shape index (κ3) is 4.44. The van der Waals surface area contributed by atoms with Gasteiger partial charge in [0.05, 0.1) is 5.69 Å². The molecule has 2 atom stereocenters. The standard InChI is InChI=1S/C23H18N4O4S2/c28-18-16(20(30)26(22(32)24-18)14-8-3-1-4-9-14)12-7-13-17-19(29)25-23(33)27(21(17)31)15-10-5-2-6-11-15/h1-13,16,20,30H,(H,24,28,32)(H,25,29,33)/b12-7+,17-13+. The normalized spacial score (nSPS) is 22.7. The molecule has 2 unspecified atom stereocenters. The van der Waals surface area contributed by atoms with Crippen molar-refractivity contribution in [2.45, 2.75) is 6.23 Å². The number of benzene rings is 2. The molecular formula is C23H18N4O4S2. The first kappa shape index (κ1) is 22.5. The summed E-state index contributed by atoms with van der Waals surface area (Å²) in [5.41, 5.74) is 0.960. The first-order valence-corrected chi connectivity index (χ1v) is 10.7. The molecule has 0 aromatic heterocycles. The minimum atomic E-state index is -1.27. The number of hydrogen-bond donors (Lipinski definition) is 3.